The van der Waals surface area contributed by atoms with Crippen molar-refractivity contribution in [2.45, 2.75) is 44.7 Å². The molecule has 0 N–H and O–H groups in total. The Morgan fingerprint density at radius 1 is 0.909 bits per heavy atom. The van der Waals surface area contributed by atoms with Crippen LogP contribution in [0.2, 0.25) is 3.12 Å². The van der Waals surface area contributed by atoms with Crippen LogP contribution in [0.1, 0.15) is 41.5 Å². The van der Waals surface area contributed by atoms with Crippen molar-refractivity contribution in [2.24, 2.45) is 17.8 Å². The fourth-order valence-electron chi connectivity index (χ4n) is 2.49. The second-order valence-corrected chi connectivity index (χ2v) is 10.6. The summed E-state index contributed by atoms with van der Waals surface area (Å²) in [5.41, 5.74) is 0. The van der Waals surface area contributed by atoms with Crippen molar-refractivity contribution < 1.29 is 0 Å². The van der Waals surface area contributed by atoms with Gasteiger partial charge in [-0.2, -0.15) is 0 Å². The van der Waals surface area contributed by atoms with E-state index in [1.165, 1.54) is 0 Å². The molecule has 0 fully saturated rings. The van der Waals surface area contributed by atoms with E-state index in [0.29, 0.717) is 3.12 Å². The van der Waals surface area contributed by atoms with Crippen LogP contribution in [0.5, 0.6) is 0 Å². The molecule has 11 heavy (non-hydrogen) atoms. The Kier molecular flexibility index (Phi) is 4.55. The summed E-state index contributed by atoms with van der Waals surface area (Å²) < 4.78 is 0.627. The van der Waals surface area contributed by atoms with Crippen LogP contribution < -0.4 is 0 Å². The molecule has 0 amide bonds. The quantitative estimate of drug-likeness (QED) is 0.686. The van der Waals surface area contributed by atoms with Crippen molar-refractivity contribution in [1.29, 1.82) is 0 Å². The molecule has 0 aromatic heterocycles. The molecular weight excluding hydrogens is 329 g/mol. The molecule has 0 unspecified atom stereocenters. The van der Waals surface area contributed by atoms with E-state index in [0.717, 1.165) is 42.5 Å². The molecule has 0 radical (unpaired) electrons. The molecule has 1 heteroatoms. The van der Waals surface area contributed by atoms with E-state index in [1.54, 1.807) is 0 Å². The summed E-state index contributed by atoms with van der Waals surface area (Å²) in [6.07, 6.45) is 0. The minimum absolute atomic E-state index is 0.627. The molecule has 0 heterocycles. The standard InChI is InChI=1S/C10H21.Bi.2H/c1-7(2)10(8(3)4)9(5)6;;;/h7-8,10H,1-6H3;;;. The molecule has 0 saturated carbocycles. The molecule has 0 aromatic carbocycles. The van der Waals surface area contributed by atoms with Crippen molar-refractivity contribution in [3.8, 4) is 0 Å². The van der Waals surface area contributed by atoms with Gasteiger partial charge in [0.15, 0.2) is 0 Å². The van der Waals surface area contributed by atoms with E-state index in [9.17, 15) is 0 Å². The molecule has 68 valence electrons. The van der Waals surface area contributed by atoms with Gasteiger partial charge in [0.05, 0.1) is 0 Å². The van der Waals surface area contributed by atoms with Gasteiger partial charge in [-0.3, -0.25) is 0 Å². The maximum atomic E-state index is 2.42. The summed E-state index contributed by atoms with van der Waals surface area (Å²) in [4.78, 5) is 0. The Morgan fingerprint density at radius 2 is 1.18 bits per heavy atom. The summed E-state index contributed by atoms with van der Waals surface area (Å²) in [6.45, 7) is 14.3. The Balaban J connectivity index is 4.35. The Hall–Kier alpha value is 0.883. The van der Waals surface area contributed by atoms with Gasteiger partial charge in [-0.25, -0.2) is 0 Å². The van der Waals surface area contributed by atoms with Gasteiger partial charge >= 0.3 is 87.1 Å². The average molecular weight is 352 g/mol. The first-order valence-corrected chi connectivity index (χ1v) is 6.80. The van der Waals surface area contributed by atoms with E-state index in [2.05, 4.69) is 41.5 Å². The van der Waals surface area contributed by atoms with Gasteiger partial charge in [-0.05, 0) is 0 Å². The van der Waals surface area contributed by atoms with Crippen LogP contribution in [0.3, 0.4) is 0 Å². The summed E-state index contributed by atoms with van der Waals surface area (Å²) in [6, 6.07) is 0. The van der Waals surface area contributed by atoms with Crippen LogP contribution >= 0.6 is 0 Å². The predicted molar refractivity (Wildman–Crippen MR) is 55.8 cm³/mol. The molecule has 0 aromatic rings. The third-order valence-corrected chi connectivity index (χ3v) is 3.79. The van der Waals surface area contributed by atoms with Crippen LogP contribution in [0.4, 0.5) is 0 Å². The molecule has 0 nitrogen and oxygen atoms in total. The first kappa shape index (κ1) is 11.9. The molecule has 0 atom stereocenters. The molecule has 0 spiro atoms. The molecule has 0 aliphatic carbocycles. The van der Waals surface area contributed by atoms with Crippen LogP contribution in [0, 0.1) is 17.8 Å². The zero-order valence-corrected chi connectivity index (χ0v) is 13.3. The first-order valence-electron chi connectivity index (χ1n) is 4.55. The molecular formula is C10H23Bi. The van der Waals surface area contributed by atoms with Crippen LogP contribution in [-0.2, 0) is 0 Å². The van der Waals surface area contributed by atoms with Crippen LogP contribution in [0.25, 0.3) is 0 Å². The fourth-order valence-corrected chi connectivity index (χ4v) is 5.48. The van der Waals surface area contributed by atoms with Crippen molar-refractivity contribution >= 4 is 24.7 Å². The zero-order chi connectivity index (χ0) is 9.23. The summed E-state index contributed by atoms with van der Waals surface area (Å²) in [7, 11) is 0. The van der Waals surface area contributed by atoms with Crippen LogP contribution in [-0.4, -0.2) is 24.7 Å². The normalized spacial score (nSPS) is 13.6. The van der Waals surface area contributed by atoms with Gasteiger partial charge in [0.2, 0.25) is 0 Å². The van der Waals surface area contributed by atoms with Crippen molar-refractivity contribution in [2.75, 3.05) is 0 Å². The predicted octanol–water partition coefficient (Wildman–Crippen LogP) is 2.75. The molecule has 0 rings (SSSR count). The number of hydrogen-bond donors (Lipinski definition) is 0. The Bertz CT molecular complexity index is 101. The van der Waals surface area contributed by atoms with Crippen LogP contribution in [0.15, 0.2) is 0 Å². The van der Waals surface area contributed by atoms with Gasteiger partial charge in [-0.15, -0.1) is 0 Å². The van der Waals surface area contributed by atoms with E-state index in [1.807, 2.05) is 0 Å². The second-order valence-electron chi connectivity index (χ2n) is 4.84. The van der Waals surface area contributed by atoms with Gasteiger partial charge in [0, 0.05) is 0 Å². The molecule has 0 aliphatic heterocycles. The average Bonchev–Trinajstić information content (AvgIpc) is 1.54. The topological polar surface area (TPSA) is 0 Å². The Morgan fingerprint density at radius 3 is 1.18 bits per heavy atom. The second kappa shape index (κ2) is 4.21. The zero-order valence-electron chi connectivity index (χ0n) is 8.81. The van der Waals surface area contributed by atoms with E-state index in [-0.39, 0.29) is 0 Å². The SMILES string of the molecule is CC(C)C(C(C)C)[C](C)(C)[BiH2]. The van der Waals surface area contributed by atoms with E-state index < -0.39 is 0 Å². The summed E-state index contributed by atoms with van der Waals surface area (Å²) in [5, 5.41) is 0. The van der Waals surface area contributed by atoms with E-state index in [4.69, 9.17) is 0 Å². The van der Waals surface area contributed by atoms with Crippen molar-refractivity contribution in [3.63, 3.8) is 0 Å². The van der Waals surface area contributed by atoms with Gasteiger partial charge in [-0.1, -0.05) is 0 Å². The molecule has 0 aliphatic rings. The first-order chi connectivity index (χ1) is 4.76. The van der Waals surface area contributed by atoms with Gasteiger partial charge < -0.3 is 0 Å². The van der Waals surface area contributed by atoms with E-state index >= 15 is 0 Å². The fraction of sp³-hybridized carbons (Fsp3) is 1.00. The van der Waals surface area contributed by atoms with Crippen molar-refractivity contribution in [1.82, 2.24) is 0 Å². The maximum absolute atomic E-state index is 2.42. The van der Waals surface area contributed by atoms with Crippen molar-refractivity contribution in [3.05, 3.63) is 0 Å². The molecule has 0 saturated heterocycles. The third kappa shape index (κ3) is 3.88. The summed E-state index contributed by atoms with van der Waals surface area (Å²) in [5.74, 6) is 2.59. The Labute approximate surface area is 87.0 Å². The molecule has 0 bridgehead atoms. The number of hydrogen-bond acceptors (Lipinski definition) is 0. The van der Waals surface area contributed by atoms with Gasteiger partial charge in [0.25, 0.3) is 0 Å². The minimum atomic E-state index is 0.627. The third-order valence-electron chi connectivity index (χ3n) is 2.30. The summed E-state index contributed by atoms with van der Waals surface area (Å²) >= 11 is 1.10. The number of rotatable bonds is 3. The van der Waals surface area contributed by atoms with Gasteiger partial charge in [0.1, 0.15) is 0 Å². The monoisotopic (exact) mass is 352 g/mol.